The van der Waals surface area contributed by atoms with Gasteiger partial charge in [-0.1, -0.05) is 0 Å². The molecule has 1 aromatic carbocycles. The van der Waals surface area contributed by atoms with Crippen molar-refractivity contribution in [3.8, 4) is 5.75 Å². The molecule has 0 saturated carbocycles. The molecule has 4 rings (SSSR count). The number of anilines is 3. The zero-order valence-corrected chi connectivity index (χ0v) is 15.9. The first kappa shape index (κ1) is 19.4. The van der Waals surface area contributed by atoms with Gasteiger partial charge in [0.1, 0.15) is 17.2 Å². The molecule has 0 radical (unpaired) electrons. The number of hydrogen-bond acceptors (Lipinski definition) is 5. The molecule has 9 heteroatoms. The van der Waals surface area contributed by atoms with Gasteiger partial charge in [-0.15, -0.1) is 0 Å². The second kappa shape index (κ2) is 6.53. The minimum Gasteiger partial charge on any atom is -0.484 e. The van der Waals surface area contributed by atoms with E-state index in [-0.39, 0.29) is 5.75 Å². The first-order valence-corrected chi connectivity index (χ1v) is 9.15. The largest absolute Gasteiger partial charge is 0.484 e. The van der Waals surface area contributed by atoms with Crippen LogP contribution in [0.3, 0.4) is 0 Å². The van der Waals surface area contributed by atoms with Crippen LogP contribution in [0.25, 0.3) is 0 Å². The molecule has 1 N–H and O–H groups in total. The fourth-order valence-electron chi connectivity index (χ4n) is 3.59. The lowest BCUT2D eigenvalue weighted by molar-refractivity contribution is -0.142. The van der Waals surface area contributed by atoms with E-state index >= 15 is 0 Å². The highest BCUT2D eigenvalue weighted by atomic mass is 19.4. The highest BCUT2D eigenvalue weighted by Crippen LogP contribution is 2.44. The maximum absolute atomic E-state index is 13.1. The molecule has 0 bridgehead atoms. The number of pyridine rings is 1. The summed E-state index contributed by atoms with van der Waals surface area (Å²) in [7, 11) is 0. The molecule has 3 heterocycles. The van der Waals surface area contributed by atoms with Crippen molar-refractivity contribution < 1.29 is 27.8 Å². The number of nitrogens with zero attached hydrogens (tertiary/aromatic N) is 3. The number of aromatic nitrogens is 1. The Morgan fingerprint density at radius 3 is 2.62 bits per heavy atom. The van der Waals surface area contributed by atoms with Gasteiger partial charge >= 0.3 is 12.1 Å². The van der Waals surface area contributed by atoms with Gasteiger partial charge in [0.05, 0.1) is 23.7 Å². The smallest absolute Gasteiger partial charge is 0.416 e. The topological polar surface area (TPSA) is 65.9 Å². The van der Waals surface area contributed by atoms with Gasteiger partial charge in [-0.05, 0) is 38.1 Å². The molecule has 1 fully saturated rings. The zero-order chi connectivity index (χ0) is 21.0. The number of carboxylic acid groups (broad SMARTS) is 1. The average molecular weight is 407 g/mol. The van der Waals surface area contributed by atoms with Gasteiger partial charge in [-0.2, -0.15) is 13.2 Å². The van der Waals surface area contributed by atoms with Gasteiger partial charge in [0.25, 0.3) is 0 Å². The predicted octanol–water partition coefficient (Wildman–Crippen LogP) is 3.93. The van der Waals surface area contributed by atoms with Crippen LogP contribution >= 0.6 is 0 Å². The monoisotopic (exact) mass is 407 g/mol. The van der Waals surface area contributed by atoms with Crippen LogP contribution in [0.1, 0.15) is 19.4 Å². The van der Waals surface area contributed by atoms with Crippen molar-refractivity contribution in [1.29, 1.82) is 0 Å². The van der Waals surface area contributed by atoms with Crippen LogP contribution in [0, 0.1) is 5.92 Å². The van der Waals surface area contributed by atoms with Gasteiger partial charge < -0.3 is 19.6 Å². The first-order valence-electron chi connectivity index (χ1n) is 9.15. The summed E-state index contributed by atoms with van der Waals surface area (Å²) in [5, 5.41) is 9.05. The maximum Gasteiger partial charge on any atom is 0.416 e. The van der Waals surface area contributed by atoms with Gasteiger partial charge in [0, 0.05) is 31.0 Å². The Morgan fingerprint density at radius 1 is 1.24 bits per heavy atom. The van der Waals surface area contributed by atoms with Crippen LogP contribution in [0.5, 0.6) is 5.75 Å². The summed E-state index contributed by atoms with van der Waals surface area (Å²) >= 11 is 0. The third-order valence-electron chi connectivity index (χ3n) is 5.10. The van der Waals surface area contributed by atoms with E-state index in [2.05, 4.69) is 4.98 Å². The molecule has 154 valence electrons. The highest BCUT2D eigenvalue weighted by molar-refractivity contribution is 5.76. The molecular weight excluding hydrogens is 387 g/mol. The molecule has 1 saturated heterocycles. The molecule has 0 amide bonds. The lowest BCUT2D eigenvalue weighted by Gasteiger charge is -2.42. The quantitative estimate of drug-likeness (QED) is 0.832. The number of fused-ring (bicyclic) bond motifs is 1. The Bertz CT molecular complexity index is 955. The second-order valence-corrected chi connectivity index (χ2v) is 7.94. The van der Waals surface area contributed by atoms with Crippen LogP contribution in [-0.4, -0.2) is 41.3 Å². The van der Waals surface area contributed by atoms with Crippen LogP contribution in [-0.2, 0) is 11.0 Å². The Morgan fingerprint density at radius 2 is 1.97 bits per heavy atom. The SMILES string of the molecule is CC1(C)CN(c2ccnc(N3CC(C(=O)O)C3)c2)c2ccc(C(F)(F)F)cc2O1. The number of carboxylic acids is 1. The Hall–Kier alpha value is -2.97. The van der Waals surface area contributed by atoms with E-state index in [9.17, 15) is 18.0 Å². The fourth-order valence-corrected chi connectivity index (χ4v) is 3.59. The minimum atomic E-state index is -4.45. The molecule has 2 aliphatic rings. The van der Waals surface area contributed by atoms with Crippen LogP contribution in [0.4, 0.5) is 30.4 Å². The summed E-state index contributed by atoms with van der Waals surface area (Å²) in [6.07, 6.45) is -2.84. The lowest BCUT2D eigenvalue weighted by atomic mass is 10.0. The normalized spacial score (nSPS) is 18.7. The number of hydrogen-bond donors (Lipinski definition) is 1. The van der Waals surface area contributed by atoms with Crippen molar-refractivity contribution in [2.45, 2.75) is 25.6 Å². The predicted molar refractivity (Wildman–Crippen MR) is 101 cm³/mol. The molecular formula is C20H20F3N3O3. The van der Waals surface area contributed by atoms with Gasteiger partial charge in [-0.3, -0.25) is 4.79 Å². The van der Waals surface area contributed by atoms with Gasteiger partial charge in [-0.25, -0.2) is 4.98 Å². The maximum atomic E-state index is 13.1. The van der Waals surface area contributed by atoms with Crippen molar-refractivity contribution in [2.24, 2.45) is 5.92 Å². The molecule has 6 nitrogen and oxygen atoms in total. The molecule has 0 atom stereocenters. The standard InChI is InChI=1S/C20H20F3N3O3/c1-19(2)11-26(15-4-3-13(20(21,22)23)7-16(15)29-19)14-5-6-24-17(8-14)25-9-12(10-25)18(27)28/h3-8,12H,9-11H2,1-2H3,(H,27,28). The summed E-state index contributed by atoms with van der Waals surface area (Å²) in [4.78, 5) is 19.1. The summed E-state index contributed by atoms with van der Waals surface area (Å²) in [5.74, 6) is -0.437. The summed E-state index contributed by atoms with van der Waals surface area (Å²) in [6.45, 7) is 4.83. The van der Waals surface area contributed by atoms with Crippen LogP contribution in [0.2, 0.25) is 0 Å². The van der Waals surface area contributed by atoms with E-state index in [1.54, 1.807) is 12.3 Å². The Labute approximate surface area is 165 Å². The van der Waals surface area contributed by atoms with Crippen molar-refractivity contribution in [1.82, 2.24) is 4.98 Å². The van der Waals surface area contributed by atoms with Crippen molar-refractivity contribution in [2.75, 3.05) is 29.4 Å². The third-order valence-corrected chi connectivity index (χ3v) is 5.10. The van der Waals surface area contributed by atoms with Gasteiger partial charge in [0.2, 0.25) is 0 Å². The molecule has 0 spiro atoms. The van der Waals surface area contributed by atoms with Crippen molar-refractivity contribution in [3.63, 3.8) is 0 Å². The molecule has 1 aromatic heterocycles. The van der Waals surface area contributed by atoms with E-state index in [0.717, 1.165) is 17.8 Å². The fraction of sp³-hybridized carbons (Fsp3) is 0.400. The molecule has 2 aliphatic heterocycles. The number of rotatable bonds is 3. The number of alkyl halides is 3. The molecule has 29 heavy (non-hydrogen) atoms. The van der Waals surface area contributed by atoms with E-state index < -0.39 is 29.2 Å². The first-order chi connectivity index (χ1) is 13.5. The minimum absolute atomic E-state index is 0.171. The number of benzene rings is 1. The number of carbonyl (C=O) groups is 1. The van der Waals surface area contributed by atoms with E-state index in [0.29, 0.717) is 31.1 Å². The molecule has 2 aromatic rings. The lowest BCUT2D eigenvalue weighted by Crippen LogP contribution is -2.51. The van der Waals surface area contributed by atoms with Gasteiger partial charge in [0.15, 0.2) is 0 Å². The molecule has 0 aliphatic carbocycles. The summed E-state index contributed by atoms with van der Waals surface area (Å²) < 4.78 is 45.2. The van der Waals surface area contributed by atoms with Crippen LogP contribution < -0.4 is 14.5 Å². The number of aliphatic carboxylic acids is 1. The zero-order valence-electron chi connectivity index (χ0n) is 15.9. The Kier molecular flexibility index (Phi) is 4.36. The molecule has 0 unspecified atom stereocenters. The Balaban J connectivity index is 1.67. The third kappa shape index (κ3) is 3.68. The average Bonchev–Trinajstić information content (AvgIpc) is 2.57. The van der Waals surface area contributed by atoms with Crippen molar-refractivity contribution >= 4 is 23.2 Å². The second-order valence-electron chi connectivity index (χ2n) is 7.94. The summed E-state index contributed by atoms with van der Waals surface area (Å²) in [6, 6.07) is 7.08. The highest BCUT2D eigenvalue weighted by Gasteiger charge is 2.37. The van der Waals surface area contributed by atoms with Crippen molar-refractivity contribution in [3.05, 3.63) is 42.1 Å². The number of halogens is 3. The van der Waals surface area contributed by atoms with Crippen LogP contribution in [0.15, 0.2) is 36.5 Å². The summed E-state index contributed by atoms with van der Waals surface area (Å²) in [5.41, 5.74) is -0.163. The number of ether oxygens (including phenoxy) is 1. The van der Waals surface area contributed by atoms with E-state index in [1.165, 1.54) is 6.07 Å². The van der Waals surface area contributed by atoms with E-state index in [1.807, 2.05) is 29.7 Å². The van der Waals surface area contributed by atoms with E-state index in [4.69, 9.17) is 9.84 Å².